The number of hydrogen-bond acceptors (Lipinski definition) is 5. The molecule has 1 atom stereocenters. The first-order valence-corrected chi connectivity index (χ1v) is 8.37. The normalized spacial score (nSPS) is 17.7. The van der Waals surface area contributed by atoms with Crippen LogP contribution in [0, 0.1) is 0 Å². The highest BCUT2D eigenvalue weighted by molar-refractivity contribution is 5.68. The summed E-state index contributed by atoms with van der Waals surface area (Å²) in [5, 5.41) is 2.66. The molecule has 2 amide bonds. The second-order valence-electron chi connectivity index (χ2n) is 6.86. The molecule has 1 aliphatic rings. The van der Waals surface area contributed by atoms with Gasteiger partial charge in [-0.15, -0.1) is 0 Å². The van der Waals surface area contributed by atoms with Crippen LogP contribution in [0.1, 0.15) is 26.3 Å². The van der Waals surface area contributed by atoms with Crippen molar-refractivity contribution in [3.63, 3.8) is 0 Å². The van der Waals surface area contributed by atoms with Gasteiger partial charge in [-0.2, -0.15) is 0 Å². The molecule has 0 spiro atoms. The fourth-order valence-corrected chi connectivity index (χ4v) is 2.33. The summed E-state index contributed by atoms with van der Waals surface area (Å²) >= 11 is 0. The minimum absolute atomic E-state index is 0.234. The van der Waals surface area contributed by atoms with E-state index < -0.39 is 11.7 Å². The lowest BCUT2D eigenvalue weighted by molar-refractivity contribution is -0.0282. The third-order valence-electron chi connectivity index (χ3n) is 3.48. The van der Waals surface area contributed by atoms with E-state index in [0.29, 0.717) is 19.7 Å². The van der Waals surface area contributed by atoms with Gasteiger partial charge in [0.05, 0.1) is 19.3 Å². The van der Waals surface area contributed by atoms with Gasteiger partial charge in [-0.25, -0.2) is 9.59 Å². The number of carbonyl (C=O) groups excluding carboxylic acids is 2. The predicted molar refractivity (Wildman–Crippen MR) is 92.2 cm³/mol. The molecule has 0 aromatic heterocycles. The molecular formula is C18H26N2O5. The zero-order chi connectivity index (χ0) is 18.3. The van der Waals surface area contributed by atoms with E-state index in [1.165, 1.54) is 0 Å². The first-order valence-electron chi connectivity index (χ1n) is 8.37. The number of rotatable bonds is 4. The zero-order valence-electron chi connectivity index (χ0n) is 15.0. The highest BCUT2D eigenvalue weighted by Crippen LogP contribution is 2.10. The average Bonchev–Trinajstić information content (AvgIpc) is 2.57. The van der Waals surface area contributed by atoms with Crippen LogP contribution in [0.2, 0.25) is 0 Å². The first-order chi connectivity index (χ1) is 11.8. The number of amides is 2. The van der Waals surface area contributed by atoms with E-state index in [4.69, 9.17) is 14.2 Å². The van der Waals surface area contributed by atoms with Gasteiger partial charge in [-0.05, 0) is 26.3 Å². The molecule has 2 rings (SSSR count). The second-order valence-corrected chi connectivity index (χ2v) is 6.86. The third-order valence-corrected chi connectivity index (χ3v) is 3.48. The summed E-state index contributed by atoms with van der Waals surface area (Å²) in [5.74, 6) is 0. The predicted octanol–water partition coefficient (Wildman–Crippen LogP) is 2.55. The van der Waals surface area contributed by atoms with Crippen molar-refractivity contribution in [2.75, 3.05) is 26.2 Å². The first kappa shape index (κ1) is 19.1. The van der Waals surface area contributed by atoms with Gasteiger partial charge in [0.1, 0.15) is 12.2 Å². The standard InChI is InChI=1S/C18H26N2O5/c1-18(2,3)25-16(21)19-11-15-12-20(9-10-23-15)17(22)24-13-14-7-5-4-6-8-14/h4-8,15H,9-13H2,1-3H3,(H,19,21). The number of nitrogens with one attached hydrogen (secondary N) is 1. The largest absolute Gasteiger partial charge is 0.445 e. The summed E-state index contributed by atoms with van der Waals surface area (Å²) in [6, 6.07) is 9.52. The molecule has 0 saturated carbocycles. The Morgan fingerprint density at radius 2 is 2.00 bits per heavy atom. The maximum absolute atomic E-state index is 12.2. The van der Waals surface area contributed by atoms with E-state index in [1.807, 2.05) is 30.3 Å². The van der Waals surface area contributed by atoms with Crippen molar-refractivity contribution in [1.82, 2.24) is 10.2 Å². The average molecular weight is 350 g/mol. The highest BCUT2D eigenvalue weighted by Gasteiger charge is 2.26. The second kappa shape index (κ2) is 8.71. The third kappa shape index (κ3) is 7.01. The van der Waals surface area contributed by atoms with Gasteiger partial charge in [-0.3, -0.25) is 0 Å². The van der Waals surface area contributed by atoms with Crippen LogP contribution in [0.4, 0.5) is 9.59 Å². The molecule has 138 valence electrons. The monoisotopic (exact) mass is 350 g/mol. The maximum atomic E-state index is 12.2. The molecule has 1 aliphatic heterocycles. The maximum Gasteiger partial charge on any atom is 0.410 e. The highest BCUT2D eigenvalue weighted by atomic mass is 16.6. The van der Waals surface area contributed by atoms with Crippen LogP contribution in [0.3, 0.4) is 0 Å². The van der Waals surface area contributed by atoms with Gasteiger partial charge in [0, 0.05) is 13.1 Å². The summed E-state index contributed by atoms with van der Waals surface area (Å²) in [4.78, 5) is 25.5. The molecule has 1 unspecified atom stereocenters. The molecule has 1 heterocycles. The minimum Gasteiger partial charge on any atom is -0.445 e. The van der Waals surface area contributed by atoms with Crippen molar-refractivity contribution >= 4 is 12.2 Å². The van der Waals surface area contributed by atoms with E-state index in [-0.39, 0.29) is 25.3 Å². The van der Waals surface area contributed by atoms with Crippen LogP contribution < -0.4 is 5.32 Å². The fraction of sp³-hybridized carbons (Fsp3) is 0.556. The molecule has 1 fully saturated rings. The van der Waals surface area contributed by atoms with E-state index in [1.54, 1.807) is 25.7 Å². The van der Waals surface area contributed by atoms with E-state index in [9.17, 15) is 9.59 Å². The quantitative estimate of drug-likeness (QED) is 0.903. The molecule has 0 radical (unpaired) electrons. The Kier molecular flexibility index (Phi) is 6.64. The van der Waals surface area contributed by atoms with Crippen LogP contribution in [0.15, 0.2) is 30.3 Å². The van der Waals surface area contributed by atoms with Crippen LogP contribution in [-0.2, 0) is 20.8 Å². The number of morpholine rings is 1. The van der Waals surface area contributed by atoms with Crippen LogP contribution in [0.5, 0.6) is 0 Å². The van der Waals surface area contributed by atoms with Gasteiger partial charge in [-0.1, -0.05) is 30.3 Å². The van der Waals surface area contributed by atoms with Gasteiger partial charge in [0.2, 0.25) is 0 Å². The van der Waals surface area contributed by atoms with Crippen molar-refractivity contribution < 1.29 is 23.8 Å². The molecule has 1 aromatic rings. The number of nitrogens with zero attached hydrogens (tertiary/aromatic N) is 1. The number of benzene rings is 1. The Morgan fingerprint density at radius 3 is 2.68 bits per heavy atom. The van der Waals surface area contributed by atoms with Crippen molar-refractivity contribution in [1.29, 1.82) is 0 Å². The SMILES string of the molecule is CC(C)(C)OC(=O)NCC1CN(C(=O)OCc2ccccc2)CCO1. The van der Waals surface area contributed by atoms with Crippen LogP contribution in [0.25, 0.3) is 0 Å². The van der Waals surface area contributed by atoms with Gasteiger partial charge < -0.3 is 24.4 Å². The smallest absolute Gasteiger partial charge is 0.410 e. The molecule has 0 bridgehead atoms. The van der Waals surface area contributed by atoms with Crippen molar-refractivity contribution in [3.8, 4) is 0 Å². The number of ether oxygens (including phenoxy) is 3. The molecule has 1 N–H and O–H groups in total. The summed E-state index contributed by atoms with van der Waals surface area (Å²) in [6.45, 7) is 7.15. The van der Waals surface area contributed by atoms with Gasteiger partial charge in [0.25, 0.3) is 0 Å². The lowest BCUT2D eigenvalue weighted by Gasteiger charge is -2.32. The Labute approximate surface area is 148 Å². The van der Waals surface area contributed by atoms with Gasteiger partial charge >= 0.3 is 12.2 Å². The fourth-order valence-electron chi connectivity index (χ4n) is 2.33. The molecule has 1 saturated heterocycles. The Hall–Kier alpha value is -2.28. The van der Waals surface area contributed by atoms with Crippen molar-refractivity contribution in [2.45, 2.75) is 39.1 Å². The summed E-state index contributed by atoms with van der Waals surface area (Å²) in [5.41, 5.74) is 0.386. The topological polar surface area (TPSA) is 77.1 Å². The summed E-state index contributed by atoms with van der Waals surface area (Å²) < 4.78 is 16.1. The number of alkyl carbamates (subject to hydrolysis) is 1. The van der Waals surface area contributed by atoms with E-state index in [0.717, 1.165) is 5.56 Å². The lowest BCUT2D eigenvalue weighted by atomic mass is 10.2. The Bertz CT molecular complexity index is 571. The zero-order valence-corrected chi connectivity index (χ0v) is 15.0. The Balaban J connectivity index is 1.74. The molecule has 1 aromatic carbocycles. The summed E-state index contributed by atoms with van der Waals surface area (Å²) in [7, 11) is 0. The lowest BCUT2D eigenvalue weighted by Crippen LogP contribution is -2.50. The summed E-state index contributed by atoms with van der Waals surface area (Å²) in [6.07, 6.45) is -1.17. The Morgan fingerprint density at radius 1 is 1.28 bits per heavy atom. The van der Waals surface area contributed by atoms with Crippen LogP contribution in [-0.4, -0.2) is 55.0 Å². The van der Waals surface area contributed by atoms with E-state index >= 15 is 0 Å². The minimum atomic E-state index is -0.551. The molecule has 25 heavy (non-hydrogen) atoms. The number of carbonyl (C=O) groups is 2. The van der Waals surface area contributed by atoms with E-state index in [2.05, 4.69) is 5.32 Å². The van der Waals surface area contributed by atoms with Crippen molar-refractivity contribution in [2.24, 2.45) is 0 Å². The van der Waals surface area contributed by atoms with Crippen molar-refractivity contribution in [3.05, 3.63) is 35.9 Å². The number of hydrogen-bond donors (Lipinski definition) is 1. The van der Waals surface area contributed by atoms with Crippen LogP contribution >= 0.6 is 0 Å². The molecule has 7 nitrogen and oxygen atoms in total. The molecule has 0 aliphatic carbocycles. The van der Waals surface area contributed by atoms with Gasteiger partial charge in [0.15, 0.2) is 0 Å². The molecule has 7 heteroatoms. The molecular weight excluding hydrogens is 324 g/mol.